The van der Waals surface area contributed by atoms with Crippen LogP contribution in [0.5, 0.6) is 0 Å². The Labute approximate surface area is 122 Å². The largest absolute Gasteiger partial charge is 0.377 e. The molecule has 0 aromatic heterocycles. The zero-order chi connectivity index (χ0) is 13.8. The van der Waals surface area contributed by atoms with Gasteiger partial charge in [-0.15, -0.1) is 0 Å². The van der Waals surface area contributed by atoms with Crippen LogP contribution in [-0.2, 0) is 0 Å². The SMILES string of the molecule is CCC(Nc1cc(F)ccc1Cl)c1ccc(Cl)cc1. The molecule has 0 saturated carbocycles. The number of rotatable bonds is 4. The van der Waals surface area contributed by atoms with Crippen LogP contribution in [-0.4, -0.2) is 0 Å². The highest BCUT2D eigenvalue weighted by molar-refractivity contribution is 6.33. The van der Waals surface area contributed by atoms with Gasteiger partial charge in [0.1, 0.15) is 5.82 Å². The highest BCUT2D eigenvalue weighted by Crippen LogP contribution is 2.29. The molecule has 100 valence electrons. The highest BCUT2D eigenvalue weighted by Gasteiger charge is 2.11. The first-order valence-corrected chi connectivity index (χ1v) is 6.82. The van der Waals surface area contributed by atoms with Gasteiger partial charge in [-0.25, -0.2) is 4.39 Å². The van der Waals surface area contributed by atoms with Crippen molar-refractivity contribution in [1.29, 1.82) is 0 Å². The zero-order valence-electron chi connectivity index (χ0n) is 10.5. The fourth-order valence-electron chi connectivity index (χ4n) is 1.91. The highest BCUT2D eigenvalue weighted by atomic mass is 35.5. The molecule has 1 atom stereocenters. The Morgan fingerprint density at radius 3 is 2.42 bits per heavy atom. The van der Waals surface area contributed by atoms with Crippen LogP contribution in [0, 0.1) is 5.82 Å². The van der Waals surface area contributed by atoms with E-state index in [1.54, 1.807) is 6.07 Å². The summed E-state index contributed by atoms with van der Waals surface area (Å²) in [5.41, 5.74) is 1.69. The van der Waals surface area contributed by atoms with Gasteiger partial charge in [-0.05, 0) is 42.3 Å². The lowest BCUT2D eigenvalue weighted by Gasteiger charge is -2.19. The number of benzene rings is 2. The van der Waals surface area contributed by atoms with Crippen molar-refractivity contribution in [3.8, 4) is 0 Å². The van der Waals surface area contributed by atoms with E-state index in [-0.39, 0.29) is 11.9 Å². The predicted molar refractivity (Wildman–Crippen MR) is 79.5 cm³/mol. The van der Waals surface area contributed by atoms with E-state index in [2.05, 4.69) is 12.2 Å². The van der Waals surface area contributed by atoms with Crippen molar-refractivity contribution in [2.45, 2.75) is 19.4 Å². The molecule has 1 N–H and O–H groups in total. The second-order valence-corrected chi connectivity index (χ2v) is 5.12. The lowest BCUT2D eigenvalue weighted by molar-refractivity contribution is 0.627. The first kappa shape index (κ1) is 14.2. The van der Waals surface area contributed by atoms with Crippen LogP contribution in [0.25, 0.3) is 0 Å². The third-order valence-corrected chi connectivity index (χ3v) is 3.52. The molecule has 0 saturated heterocycles. The summed E-state index contributed by atoms with van der Waals surface area (Å²) in [5, 5.41) is 4.46. The molecule has 0 aliphatic rings. The van der Waals surface area contributed by atoms with E-state index in [4.69, 9.17) is 23.2 Å². The van der Waals surface area contributed by atoms with Crippen molar-refractivity contribution in [2.24, 2.45) is 0 Å². The molecular formula is C15H14Cl2FN. The summed E-state index contributed by atoms with van der Waals surface area (Å²) in [4.78, 5) is 0. The Bertz CT molecular complexity index is 555. The smallest absolute Gasteiger partial charge is 0.125 e. The van der Waals surface area contributed by atoms with Crippen LogP contribution >= 0.6 is 23.2 Å². The van der Waals surface area contributed by atoms with Crippen LogP contribution in [0.1, 0.15) is 24.9 Å². The van der Waals surface area contributed by atoms with E-state index in [9.17, 15) is 4.39 Å². The maximum absolute atomic E-state index is 13.2. The first-order valence-electron chi connectivity index (χ1n) is 6.07. The predicted octanol–water partition coefficient (Wildman–Crippen LogP) is 5.70. The van der Waals surface area contributed by atoms with Crippen molar-refractivity contribution < 1.29 is 4.39 Å². The average molecular weight is 298 g/mol. The Morgan fingerprint density at radius 2 is 1.79 bits per heavy atom. The monoisotopic (exact) mass is 297 g/mol. The van der Waals surface area contributed by atoms with E-state index in [0.29, 0.717) is 15.7 Å². The van der Waals surface area contributed by atoms with E-state index in [1.807, 2.05) is 24.3 Å². The van der Waals surface area contributed by atoms with Gasteiger partial charge in [0.05, 0.1) is 16.8 Å². The summed E-state index contributed by atoms with van der Waals surface area (Å²) in [5.74, 6) is -0.308. The summed E-state index contributed by atoms with van der Waals surface area (Å²) >= 11 is 11.9. The van der Waals surface area contributed by atoms with E-state index in [1.165, 1.54) is 12.1 Å². The van der Waals surface area contributed by atoms with Crippen molar-refractivity contribution in [3.63, 3.8) is 0 Å². The average Bonchev–Trinajstić information content (AvgIpc) is 2.41. The molecular weight excluding hydrogens is 284 g/mol. The van der Waals surface area contributed by atoms with Gasteiger partial charge in [-0.1, -0.05) is 42.3 Å². The molecule has 2 rings (SSSR count). The third kappa shape index (κ3) is 3.62. The van der Waals surface area contributed by atoms with Crippen LogP contribution in [0.4, 0.5) is 10.1 Å². The van der Waals surface area contributed by atoms with Gasteiger partial charge in [0.25, 0.3) is 0 Å². The van der Waals surface area contributed by atoms with E-state index < -0.39 is 0 Å². The van der Waals surface area contributed by atoms with Crippen LogP contribution < -0.4 is 5.32 Å². The molecule has 0 amide bonds. The summed E-state index contributed by atoms with van der Waals surface area (Å²) < 4.78 is 13.2. The minimum Gasteiger partial charge on any atom is -0.377 e. The van der Waals surface area contributed by atoms with Crippen molar-refractivity contribution in [1.82, 2.24) is 0 Å². The van der Waals surface area contributed by atoms with Gasteiger partial charge in [0.15, 0.2) is 0 Å². The molecule has 0 bridgehead atoms. The fraction of sp³-hybridized carbons (Fsp3) is 0.200. The summed E-state index contributed by atoms with van der Waals surface area (Å²) in [6, 6.07) is 12.0. The molecule has 0 radical (unpaired) electrons. The summed E-state index contributed by atoms with van der Waals surface area (Å²) in [6.07, 6.45) is 0.856. The van der Waals surface area contributed by atoms with Crippen LogP contribution in [0.15, 0.2) is 42.5 Å². The molecule has 2 aromatic carbocycles. The molecule has 0 aliphatic heterocycles. The molecule has 1 nitrogen and oxygen atoms in total. The Hall–Kier alpha value is -1.25. The minimum absolute atomic E-state index is 0.0663. The van der Waals surface area contributed by atoms with Crippen LogP contribution in [0.2, 0.25) is 10.0 Å². The standard InChI is InChI=1S/C15H14Cl2FN/c1-2-14(10-3-5-11(16)6-4-10)19-15-9-12(18)7-8-13(15)17/h3-9,14,19H,2H2,1H3. The molecule has 4 heteroatoms. The first-order chi connectivity index (χ1) is 9.10. The summed E-state index contributed by atoms with van der Waals surface area (Å²) in [7, 11) is 0. The van der Waals surface area contributed by atoms with E-state index in [0.717, 1.165) is 12.0 Å². The second-order valence-electron chi connectivity index (χ2n) is 4.28. The normalized spacial score (nSPS) is 12.2. The third-order valence-electron chi connectivity index (χ3n) is 2.94. The minimum atomic E-state index is -0.308. The maximum Gasteiger partial charge on any atom is 0.125 e. The summed E-state index contributed by atoms with van der Waals surface area (Å²) in [6.45, 7) is 2.06. The topological polar surface area (TPSA) is 12.0 Å². The molecule has 0 heterocycles. The van der Waals surface area contributed by atoms with Gasteiger partial charge >= 0.3 is 0 Å². The molecule has 0 spiro atoms. The second kappa shape index (κ2) is 6.27. The van der Waals surface area contributed by atoms with Crippen LogP contribution in [0.3, 0.4) is 0 Å². The van der Waals surface area contributed by atoms with Crippen molar-refractivity contribution in [2.75, 3.05) is 5.32 Å². The maximum atomic E-state index is 13.2. The number of hydrogen-bond acceptors (Lipinski definition) is 1. The molecule has 1 unspecified atom stereocenters. The van der Waals surface area contributed by atoms with E-state index >= 15 is 0 Å². The number of anilines is 1. The Kier molecular flexibility index (Phi) is 4.67. The molecule has 2 aromatic rings. The lowest BCUT2D eigenvalue weighted by Crippen LogP contribution is -2.10. The lowest BCUT2D eigenvalue weighted by atomic mass is 10.0. The van der Waals surface area contributed by atoms with Gasteiger partial charge in [0, 0.05) is 5.02 Å². The molecule has 0 aliphatic carbocycles. The number of hydrogen-bond donors (Lipinski definition) is 1. The number of halogens is 3. The van der Waals surface area contributed by atoms with Gasteiger partial charge in [0.2, 0.25) is 0 Å². The Morgan fingerprint density at radius 1 is 1.11 bits per heavy atom. The zero-order valence-corrected chi connectivity index (χ0v) is 12.0. The molecule has 19 heavy (non-hydrogen) atoms. The van der Waals surface area contributed by atoms with Gasteiger partial charge in [-0.3, -0.25) is 0 Å². The van der Waals surface area contributed by atoms with Crippen molar-refractivity contribution in [3.05, 3.63) is 63.9 Å². The van der Waals surface area contributed by atoms with Crippen molar-refractivity contribution >= 4 is 28.9 Å². The van der Waals surface area contributed by atoms with Gasteiger partial charge < -0.3 is 5.32 Å². The van der Waals surface area contributed by atoms with Gasteiger partial charge in [-0.2, -0.15) is 0 Å². The number of nitrogens with one attached hydrogen (secondary N) is 1. The fourth-order valence-corrected chi connectivity index (χ4v) is 2.21. The Balaban J connectivity index is 2.23. The quantitative estimate of drug-likeness (QED) is 0.764. The molecule has 0 fully saturated rings.